The lowest BCUT2D eigenvalue weighted by Gasteiger charge is -2.13. The molecule has 0 spiro atoms. The Morgan fingerprint density at radius 2 is 1.75 bits per heavy atom. The summed E-state index contributed by atoms with van der Waals surface area (Å²) in [6.07, 6.45) is 7.07. The van der Waals surface area contributed by atoms with Crippen LogP contribution in [0.5, 0.6) is 0 Å². The van der Waals surface area contributed by atoms with Crippen LogP contribution in [0.3, 0.4) is 0 Å². The zero-order chi connectivity index (χ0) is 12.2. The van der Waals surface area contributed by atoms with E-state index in [0.29, 0.717) is 13.0 Å². The lowest BCUT2D eigenvalue weighted by Crippen LogP contribution is -2.23. The quantitative estimate of drug-likeness (QED) is 0.511. The highest BCUT2D eigenvalue weighted by Crippen LogP contribution is 2.07. The van der Waals surface area contributed by atoms with Crippen LogP contribution in [0.4, 0.5) is 0 Å². The number of rotatable bonds is 11. The number of carbonyl (C=O) groups excluding carboxylic acids is 1. The lowest BCUT2D eigenvalue weighted by molar-refractivity contribution is -0.129. The van der Waals surface area contributed by atoms with Gasteiger partial charge in [0.25, 0.3) is 0 Å². The molecule has 0 aliphatic heterocycles. The highest BCUT2D eigenvalue weighted by molar-refractivity contribution is 5.80. The second-order valence-electron chi connectivity index (χ2n) is 4.23. The molecule has 0 N–H and O–H groups in total. The number of hydrogen-bond donors (Lipinski definition) is 0. The van der Waals surface area contributed by atoms with Gasteiger partial charge in [0.1, 0.15) is 6.10 Å². The van der Waals surface area contributed by atoms with Gasteiger partial charge >= 0.3 is 0 Å². The van der Waals surface area contributed by atoms with E-state index < -0.39 is 6.10 Å². The molecule has 1 radical (unpaired) electrons. The molecule has 1 unspecified atom stereocenters. The maximum atomic E-state index is 11.1. The first-order valence-electron chi connectivity index (χ1n) is 6.42. The molecule has 0 amide bonds. The fraction of sp³-hybridized carbons (Fsp3) is 0.923. The summed E-state index contributed by atoms with van der Waals surface area (Å²) >= 11 is 0. The summed E-state index contributed by atoms with van der Waals surface area (Å²) in [5, 5.41) is 10.4. The van der Waals surface area contributed by atoms with Crippen LogP contribution in [0.2, 0.25) is 0 Å². The molecule has 95 valence electrons. The molecule has 0 rings (SSSR count). The molecule has 1 atom stereocenters. The molecule has 0 bridgehead atoms. The number of Topliss-reactive ketones (excluding diaryl/α,β-unsaturated/α-hetero) is 1. The molecule has 0 aliphatic carbocycles. The normalized spacial score (nSPS) is 12.7. The van der Waals surface area contributed by atoms with Gasteiger partial charge in [-0.1, -0.05) is 39.0 Å². The highest BCUT2D eigenvalue weighted by atomic mass is 16.5. The Labute approximate surface area is 99.2 Å². The van der Waals surface area contributed by atoms with Crippen LogP contribution in [0, 0.1) is 0 Å². The van der Waals surface area contributed by atoms with Gasteiger partial charge in [-0.25, -0.2) is 5.11 Å². The summed E-state index contributed by atoms with van der Waals surface area (Å²) in [6, 6.07) is 0. The van der Waals surface area contributed by atoms with Gasteiger partial charge in [0.15, 0.2) is 5.78 Å². The van der Waals surface area contributed by atoms with Gasteiger partial charge in [-0.05, 0) is 13.3 Å². The van der Waals surface area contributed by atoms with Gasteiger partial charge in [-0.3, -0.25) is 4.79 Å². The van der Waals surface area contributed by atoms with Crippen molar-refractivity contribution in [3.63, 3.8) is 0 Å². The smallest absolute Gasteiger partial charge is 0.158 e. The van der Waals surface area contributed by atoms with Crippen LogP contribution in [0.25, 0.3) is 0 Å². The maximum absolute atomic E-state index is 11.1. The first-order valence-corrected chi connectivity index (χ1v) is 6.42. The summed E-state index contributed by atoms with van der Waals surface area (Å²) < 4.78 is 5.40. The standard InChI is InChI=1S/C13H25O3/c1-3-4-5-6-7-8-11-16-13(9-10-14)12(2)15/h13H,3-11H2,1-2H3. The Kier molecular flexibility index (Phi) is 10.8. The van der Waals surface area contributed by atoms with Crippen molar-refractivity contribution in [2.45, 2.75) is 64.9 Å². The maximum Gasteiger partial charge on any atom is 0.158 e. The summed E-state index contributed by atoms with van der Waals surface area (Å²) in [5.41, 5.74) is 0. The molecule has 0 aromatic rings. The Morgan fingerprint density at radius 1 is 1.12 bits per heavy atom. The van der Waals surface area contributed by atoms with Crippen molar-refractivity contribution in [3.05, 3.63) is 0 Å². The van der Waals surface area contributed by atoms with E-state index in [4.69, 9.17) is 4.74 Å². The third-order valence-corrected chi connectivity index (χ3v) is 2.65. The van der Waals surface area contributed by atoms with Crippen molar-refractivity contribution in [3.8, 4) is 0 Å². The SMILES string of the molecule is CCCCCCCCOC(CC[O])C(C)=O. The average molecular weight is 229 g/mol. The molecular weight excluding hydrogens is 204 g/mol. The van der Waals surface area contributed by atoms with Gasteiger partial charge in [-0.15, -0.1) is 0 Å². The molecular formula is C13H25O3. The minimum Gasteiger partial charge on any atom is -0.370 e. The molecule has 3 heteroatoms. The van der Waals surface area contributed by atoms with Crippen LogP contribution >= 0.6 is 0 Å². The molecule has 3 nitrogen and oxygen atoms in total. The average Bonchev–Trinajstić information content (AvgIpc) is 2.26. The highest BCUT2D eigenvalue weighted by Gasteiger charge is 2.13. The Bertz CT molecular complexity index is 169. The van der Waals surface area contributed by atoms with Crippen LogP contribution in [-0.2, 0) is 14.6 Å². The predicted octanol–water partition coefficient (Wildman–Crippen LogP) is 3.14. The number of unbranched alkanes of at least 4 members (excludes halogenated alkanes) is 5. The lowest BCUT2D eigenvalue weighted by atomic mass is 10.1. The van der Waals surface area contributed by atoms with Gasteiger partial charge in [0.2, 0.25) is 0 Å². The zero-order valence-corrected chi connectivity index (χ0v) is 10.7. The van der Waals surface area contributed by atoms with Crippen LogP contribution < -0.4 is 0 Å². The minimum absolute atomic E-state index is 0.0261. The molecule has 0 saturated heterocycles. The van der Waals surface area contributed by atoms with E-state index in [1.807, 2.05) is 0 Å². The van der Waals surface area contributed by atoms with E-state index in [1.165, 1.54) is 32.6 Å². The predicted molar refractivity (Wildman–Crippen MR) is 64.0 cm³/mol. The topological polar surface area (TPSA) is 46.2 Å². The fourth-order valence-corrected chi connectivity index (χ4v) is 1.62. The van der Waals surface area contributed by atoms with E-state index in [-0.39, 0.29) is 12.4 Å². The van der Waals surface area contributed by atoms with Crippen LogP contribution in [-0.4, -0.2) is 25.1 Å². The van der Waals surface area contributed by atoms with Crippen molar-refractivity contribution >= 4 is 5.78 Å². The number of ether oxygens (including phenoxy) is 1. The number of hydrogen-bond acceptors (Lipinski definition) is 2. The number of ketones is 1. The van der Waals surface area contributed by atoms with Crippen molar-refractivity contribution in [1.82, 2.24) is 0 Å². The third kappa shape index (κ3) is 8.86. The minimum atomic E-state index is -0.465. The third-order valence-electron chi connectivity index (χ3n) is 2.65. The van der Waals surface area contributed by atoms with E-state index in [9.17, 15) is 9.90 Å². The van der Waals surface area contributed by atoms with Crippen molar-refractivity contribution in [2.24, 2.45) is 0 Å². The Morgan fingerprint density at radius 3 is 2.31 bits per heavy atom. The van der Waals surface area contributed by atoms with Gasteiger partial charge < -0.3 is 4.74 Å². The second-order valence-corrected chi connectivity index (χ2v) is 4.23. The van der Waals surface area contributed by atoms with E-state index in [0.717, 1.165) is 12.8 Å². The first-order chi connectivity index (χ1) is 7.72. The largest absolute Gasteiger partial charge is 0.370 e. The summed E-state index contributed by atoms with van der Waals surface area (Å²) in [6.45, 7) is 4.06. The van der Waals surface area contributed by atoms with Crippen LogP contribution in [0.1, 0.15) is 58.8 Å². The fourth-order valence-electron chi connectivity index (χ4n) is 1.62. The van der Waals surface area contributed by atoms with E-state index >= 15 is 0 Å². The Hall–Kier alpha value is -0.410. The molecule has 0 fully saturated rings. The molecule has 0 aromatic heterocycles. The summed E-state index contributed by atoms with van der Waals surface area (Å²) in [7, 11) is 0. The molecule has 16 heavy (non-hydrogen) atoms. The van der Waals surface area contributed by atoms with Gasteiger partial charge in [-0.2, -0.15) is 0 Å². The summed E-state index contributed by atoms with van der Waals surface area (Å²) in [5.74, 6) is -0.0261. The van der Waals surface area contributed by atoms with E-state index in [1.54, 1.807) is 0 Å². The molecule has 0 aromatic carbocycles. The van der Waals surface area contributed by atoms with Crippen molar-refractivity contribution in [1.29, 1.82) is 0 Å². The Balaban J connectivity index is 3.37. The molecule has 0 saturated carbocycles. The second kappa shape index (κ2) is 11.1. The monoisotopic (exact) mass is 229 g/mol. The molecule has 0 heterocycles. The van der Waals surface area contributed by atoms with Crippen molar-refractivity contribution in [2.75, 3.05) is 13.2 Å². The van der Waals surface area contributed by atoms with Crippen molar-refractivity contribution < 1.29 is 14.6 Å². The molecule has 0 aliphatic rings. The first kappa shape index (κ1) is 15.6. The summed E-state index contributed by atoms with van der Waals surface area (Å²) in [4.78, 5) is 11.1. The van der Waals surface area contributed by atoms with Crippen LogP contribution in [0.15, 0.2) is 0 Å². The van der Waals surface area contributed by atoms with E-state index in [2.05, 4.69) is 6.92 Å². The zero-order valence-electron chi connectivity index (χ0n) is 10.7. The van der Waals surface area contributed by atoms with Gasteiger partial charge in [0.05, 0.1) is 6.61 Å². The van der Waals surface area contributed by atoms with Gasteiger partial charge in [0, 0.05) is 13.0 Å². The number of carbonyl (C=O) groups is 1.